The molecule has 0 spiro atoms. The molecule has 0 unspecified atom stereocenters. The molecule has 0 saturated carbocycles. The largest absolute Gasteiger partial charge is 0.454 e. The number of carbonyl (C=O) groups is 1. The summed E-state index contributed by atoms with van der Waals surface area (Å²) in [4.78, 5) is 16.7. The second kappa shape index (κ2) is 6.59. The molecule has 3 aromatic rings. The minimum Gasteiger partial charge on any atom is -0.454 e. The first-order valence-corrected chi connectivity index (χ1v) is 8.38. The Kier molecular flexibility index (Phi) is 4.12. The molecule has 7 nitrogen and oxygen atoms in total. The van der Waals surface area contributed by atoms with E-state index < -0.39 is 6.04 Å². The molecule has 2 heterocycles. The van der Waals surface area contributed by atoms with Gasteiger partial charge < -0.3 is 24.5 Å². The lowest BCUT2D eigenvalue weighted by molar-refractivity contribution is -0.121. The third-order valence-electron chi connectivity index (χ3n) is 4.17. The van der Waals surface area contributed by atoms with Crippen LogP contribution in [0.5, 0.6) is 11.5 Å². The third-order valence-corrected chi connectivity index (χ3v) is 4.17. The summed E-state index contributed by atoms with van der Waals surface area (Å²) in [5.74, 6) is 1.96. The molecule has 2 aromatic carbocycles. The third kappa shape index (κ3) is 3.28. The van der Waals surface area contributed by atoms with Crippen molar-refractivity contribution in [2.75, 3.05) is 12.1 Å². The van der Waals surface area contributed by atoms with Gasteiger partial charge in [-0.3, -0.25) is 4.79 Å². The number of hydrogen-bond donors (Lipinski definition) is 2. The van der Waals surface area contributed by atoms with Crippen LogP contribution in [0.15, 0.2) is 40.8 Å². The number of benzene rings is 2. The van der Waals surface area contributed by atoms with Crippen LogP contribution < -0.4 is 20.1 Å². The summed E-state index contributed by atoms with van der Waals surface area (Å²) in [6.45, 7) is 4.27. The Bertz CT molecular complexity index is 967. The first kappa shape index (κ1) is 16.3. The van der Waals surface area contributed by atoms with Crippen LogP contribution in [0.1, 0.15) is 18.4 Å². The van der Waals surface area contributed by atoms with Gasteiger partial charge in [-0.15, -0.1) is 0 Å². The van der Waals surface area contributed by atoms with Crippen LogP contribution >= 0.6 is 0 Å². The van der Waals surface area contributed by atoms with Crippen molar-refractivity contribution in [2.45, 2.75) is 26.4 Å². The topological polar surface area (TPSA) is 85.6 Å². The zero-order valence-corrected chi connectivity index (χ0v) is 14.5. The number of anilines is 1. The van der Waals surface area contributed by atoms with E-state index in [0.717, 1.165) is 28.1 Å². The molecular weight excluding hydrogens is 334 g/mol. The second-order valence-electron chi connectivity index (χ2n) is 6.19. The van der Waals surface area contributed by atoms with E-state index in [1.807, 2.05) is 43.3 Å². The number of aromatic nitrogens is 1. The fourth-order valence-electron chi connectivity index (χ4n) is 2.84. The highest BCUT2D eigenvalue weighted by molar-refractivity contribution is 5.85. The molecule has 26 heavy (non-hydrogen) atoms. The Hall–Kier alpha value is -3.22. The van der Waals surface area contributed by atoms with Crippen molar-refractivity contribution in [1.82, 2.24) is 10.3 Å². The number of hydrogen-bond acceptors (Lipinski definition) is 6. The molecule has 134 valence electrons. The maximum Gasteiger partial charge on any atom is 0.242 e. The van der Waals surface area contributed by atoms with Crippen molar-refractivity contribution < 1.29 is 18.7 Å². The average Bonchev–Trinajstić information content (AvgIpc) is 3.23. The van der Waals surface area contributed by atoms with E-state index in [-0.39, 0.29) is 12.7 Å². The lowest BCUT2D eigenvalue weighted by Gasteiger charge is -2.15. The van der Waals surface area contributed by atoms with Crippen molar-refractivity contribution in [3.8, 4) is 11.5 Å². The van der Waals surface area contributed by atoms with Crippen molar-refractivity contribution in [3.05, 3.63) is 47.9 Å². The molecule has 0 radical (unpaired) electrons. The average molecular weight is 353 g/mol. The Morgan fingerprint density at radius 2 is 2.04 bits per heavy atom. The molecule has 1 aliphatic rings. The van der Waals surface area contributed by atoms with Gasteiger partial charge in [0.05, 0.1) is 0 Å². The van der Waals surface area contributed by atoms with Crippen molar-refractivity contribution in [3.63, 3.8) is 0 Å². The SMILES string of the molecule is Cc1nc2cc(N[C@H](C)C(=O)NCc3ccc4c(c3)OCO4)ccc2o1. The lowest BCUT2D eigenvalue weighted by Crippen LogP contribution is -2.37. The van der Waals surface area contributed by atoms with Crippen molar-refractivity contribution >= 4 is 22.7 Å². The quantitative estimate of drug-likeness (QED) is 0.733. The van der Waals surface area contributed by atoms with Gasteiger partial charge >= 0.3 is 0 Å². The van der Waals surface area contributed by atoms with E-state index in [9.17, 15) is 4.79 Å². The van der Waals surface area contributed by atoms with Gasteiger partial charge in [0, 0.05) is 19.2 Å². The van der Waals surface area contributed by atoms with Gasteiger partial charge in [0.2, 0.25) is 12.7 Å². The Labute approximate surface area is 150 Å². The first-order valence-electron chi connectivity index (χ1n) is 8.38. The van der Waals surface area contributed by atoms with Gasteiger partial charge in [0.25, 0.3) is 0 Å². The highest BCUT2D eigenvalue weighted by atomic mass is 16.7. The van der Waals surface area contributed by atoms with E-state index >= 15 is 0 Å². The summed E-state index contributed by atoms with van der Waals surface area (Å²) in [6, 6.07) is 10.8. The molecule has 0 fully saturated rings. The van der Waals surface area contributed by atoms with E-state index in [2.05, 4.69) is 15.6 Å². The second-order valence-corrected chi connectivity index (χ2v) is 6.19. The van der Waals surface area contributed by atoms with Crippen LogP contribution in [-0.2, 0) is 11.3 Å². The van der Waals surface area contributed by atoms with E-state index in [1.165, 1.54) is 0 Å². The van der Waals surface area contributed by atoms with E-state index in [1.54, 1.807) is 6.92 Å². The summed E-state index contributed by atoms with van der Waals surface area (Å²) in [5, 5.41) is 6.10. The molecule has 1 aliphatic heterocycles. The highest BCUT2D eigenvalue weighted by Gasteiger charge is 2.16. The maximum absolute atomic E-state index is 12.4. The Balaban J connectivity index is 1.36. The summed E-state index contributed by atoms with van der Waals surface area (Å²) in [6.07, 6.45) is 0. The fourth-order valence-corrected chi connectivity index (χ4v) is 2.84. The minimum atomic E-state index is -0.394. The summed E-state index contributed by atoms with van der Waals surface area (Å²) >= 11 is 0. The first-order chi connectivity index (χ1) is 12.6. The fraction of sp³-hybridized carbons (Fsp3) is 0.263. The van der Waals surface area contributed by atoms with Crippen molar-refractivity contribution in [1.29, 1.82) is 0 Å². The molecule has 0 aliphatic carbocycles. The van der Waals surface area contributed by atoms with Gasteiger partial charge in [-0.1, -0.05) is 6.07 Å². The number of aryl methyl sites for hydroxylation is 1. The zero-order chi connectivity index (χ0) is 18.1. The molecule has 1 aromatic heterocycles. The number of nitrogens with zero attached hydrogens (tertiary/aromatic N) is 1. The van der Waals surface area contributed by atoms with Crippen LogP contribution in [0.3, 0.4) is 0 Å². The molecule has 2 N–H and O–H groups in total. The van der Waals surface area contributed by atoms with Crippen LogP contribution in [0.4, 0.5) is 5.69 Å². The zero-order valence-electron chi connectivity index (χ0n) is 14.5. The summed E-state index contributed by atoms with van der Waals surface area (Å²) < 4.78 is 16.1. The number of rotatable bonds is 5. The van der Waals surface area contributed by atoms with E-state index in [0.29, 0.717) is 18.2 Å². The summed E-state index contributed by atoms with van der Waals surface area (Å²) in [7, 11) is 0. The van der Waals surface area contributed by atoms with Crippen LogP contribution in [0.25, 0.3) is 11.1 Å². The van der Waals surface area contributed by atoms with Gasteiger partial charge in [-0.05, 0) is 42.8 Å². The smallest absolute Gasteiger partial charge is 0.242 e. The van der Waals surface area contributed by atoms with Crippen LogP contribution in [0, 0.1) is 6.92 Å². The Morgan fingerprint density at radius 3 is 2.92 bits per heavy atom. The van der Waals surface area contributed by atoms with Gasteiger partial charge in [-0.25, -0.2) is 4.98 Å². The monoisotopic (exact) mass is 353 g/mol. The molecule has 1 atom stereocenters. The van der Waals surface area contributed by atoms with Gasteiger partial charge in [0.15, 0.2) is 23.0 Å². The Morgan fingerprint density at radius 1 is 1.19 bits per heavy atom. The van der Waals surface area contributed by atoms with E-state index in [4.69, 9.17) is 13.9 Å². The standard InChI is InChI=1S/C19H19N3O4/c1-11(21-14-4-6-16-15(8-14)22-12(2)26-16)19(23)20-9-13-3-5-17-18(7-13)25-10-24-17/h3-8,11,21H,9-10H2,1-2H3,(H,20,23)/t11-/m1/s1. The molecular formula is C19H19N3O4. The number of oxazole rings is 1. The predicted molar refractivity (Wildman–Crippen MR) is 96.2 cm³/mol. The minimum absolute atomic E-state index is 0.0981. The van der Waals surface area contributed by atoms with Crippen LogP contribution in [-0.4, -0.2) is 23.7 Å². The number of carbonyl (C=O) groups excluding carboxylic acids is 1. The molecule has 0 saturated heterocycles. The number of ether oxygens (including phenoxy) is 2. The number of amides is 1. The molecule has 1 amide bonds. The van der Waals surface area contributed by atoms with Gasteiger partial charge in [-0.2, -0.15) is 0 Å². The van der Waals surface area contributed by atoms with Crippen molar-refractivity contribution in [2.24, 2.45) is 0 Å². The number of fused-ring (bicyclic) bond motifs is 2. The lowest BCUT2D eigenvalue weighted by atomic mass is 10.2. The maximum atomic E-state index is 12.4. The predicted octanol–water partition coefficient (Wildman–Crippen LogP) is 2.98. The molecule has 4 rings (SSSR count). The highest BCUT2D eigenvalue weighted by Crippen LogP contribution is 2.32. The number of nitrogens with one attached hydrogen (secondary N) is 2. The molecule has 7 heteroatoms. The molecule has 0 bridgehead atoms. The normalized spacial score (nSPS) is 13.6. The summed E-state index contributed by atoms with van der Waals surface area (Å²) in [5.41, 5.74) is 3.26. The van der Waals surface area contributed by atoms with Gasteiger partial charge in [0.1, 0.15) is 11.6 Å². The van der Waals surface area contributed by atoms with Crippen LogP contribution in [0.2, 0.25) is 0 Å².